The summed E-state index contributed by atoms with van der Waals surface area (Å²) < 4.78 is 11.1. The van der Waals surface area contributed by atoms with Crippen molar-refractivity contribution < 1.29 is 19.1 Å². The second-order valence-corrected chi connectivity index (χ2v) is 8.36. The second kappa shape index (κ2) is 11.4. The van der Waals surface area contributed by atoms with Gasteiger partial charge in [-0.05, 0) is 36.8 Å². The SMILES string of the molecule is COc1ccccc1/C=C(/C(=O)OC(C)C(=O)N1CCN(c2ccccc2)CC1)c1ccccc1. The van der Waals surface area contributed by atoms with Crippen LogP contribution in [0, 0.1) is 0 Å². The molecule has 4 rings (SSSR count). The highest BCUT2D eigenvalue weighted by molar-refractivity contribution is 6.22. The van der Waals surface area contributed by atoms with Crippen molar-refractivity contribution in [3.8, 4) is 5.75 Å². The smallest absolute Gasteiger partial charge is 0.339 e. The molecule has 6 nitrogen and oxygen atoms in total. The molecule has 0 radical (unpaired) electrons. The Morgan fingerprint density at radius 1 is 0.829 bits per heavy atom. The first-order valence-electron chi connectivity index (χ1n) is 11.8. The van der Waals surface area contributed by atoms with Crippen LogP contribution in [0.2, 0.25) is 0 Å². The number of methoxy groups -OCH3 is 1. The average Bonchev–Trinajstić information content (AvgIpc) is 2.92. The zero-order valence-corrected chi connectivity index (χ0v) is 20.1. The molecule has 1 saturated heterocycles. The van der Waals surface area contributed by atoms with Gasteiger partial charge < -0.3 is 19.3 Å². The molecule has 0 aliphatic carbocycles. The van der Waals surface area contributed by atoms with Crippen molar-refractivity contribution in [2.24, 2.45) is 0 Å². The lowest BCUT2D eigenvalue weighted by Gasteiger charge is -2.37. The molecule has 1 aliphatic heterocycles. The van der Waals surface area contributed by atoms with E-state index in [-0.39, 0.29) is 5.91 Å². The molecule has 0 aromatic heterocycles. The molecule has 1 aliphatic rings. The van der Waals surface area contributed by atoms with Crippen LogP contribution in [-0.4, -0.2) is 56.2 Å². The fourth-order valence-corrected chi connectivity index (χ4v) is 4.17. The normalized spacial score (nSPS) is 14.9. The molecule has 1 heterocycles. The van der Waals surface area contributed by atoms with Gasteiger partial charge in [0.15, 0.2) is 6.10 Å². The Balaban J connectivity index is 1.46. The minimum absolute atomic E-state index is 0.184. The van der Waals surface area contributed by atoms with Gasteiger partial charge in [-0.3, -0.25) is 4.79 Å². The summed E-state index contributed by atoms with van der Waals surface area (Å²) in [5.74, 6) is -0.0872. The molecule has 0 saturated carbocycles. The number of piperazine rings is 1. The van der Waals surface area contributed by atoms with Crippen molar-refractivity contribution >= 4 is 29.2 Å². The molecule has 6 heteroatoms. The van der Waals surface area contributed by atoms with Crippen molar-refractivity contribution in [3.63, 3.8) is 0 Å². The van der Waals surface area contributed by atoms with E-state index in [1.807, 2.05) is 72.8 Å². The molecule has 180 valence electrons. The van der Waals surface area contributed by atoms with Crippen LogP contribution in [0.15, 0.2) is 84.9 Å². The van der Waals surface area contributed by atoms with Crippen LogP contribution >= 0.6 is 0 Å². The average molecular weight is 471 g/mol. The lowest BCUT2D eigenvalue weighted by Crippen LogP contribution is -2.51. The van der Waals surface area contributed by atoms with Gasteiger partial charge in [0.1, 0.15) is 5.75 Å². The van der Waals surface area contributed by atoms with Gasteiger partial charge in [-0.1, -0.05) is 66.7 Å². The second-order valence-electron chi connectivity index (χ2n) is 8.36. The number of carbonyl (C=O) groups is 2. The number of anilines is 1. The summed E-state index contributed by atoms with van der Waals surface area (Å²) in [6, 6.07) is 26.9. The zero-order valence-electron chi connectivity index (χ0n) is 20.1. The van der Waals surface area contributed by atoms with Crippen LogP contribution in [0.1, 0.15) is 18.1 Å². The van der Waals surface area contributed by atoms with Crippen LogP contribution in [0.25, 0.3) is 11.6 Å². The third-order valence-electron chi connectivity index (χ3n) is 6.09. The largest absolute Gasteiger partial charge is 0.496 e. The van der Waals surface area contributed by atoms with Gasteiger partial charge in [0, 0.05) is 37.4 Å². The van der Waals surface area contributed by atoms with Crippen molar-refractivity contribution in [2.45, 2.75) is 13.0 Å². The van der Waals surface area contributed by atoms with E-state index in [2.05, 4.69) is 17.0 Å². The van der Waals surface area contributed by atoms with E-state index < -0.39 is 12.1 Å². The van der Waals surface area contributed by atoms with E-state index in [0.717, 1.165) is 24.3 Å². The Hall–Kier alpha value is -4.06. The van der Waals surface area contributed by atoms with Crippen LogP contribution in [0.4, 0.5) is 5.69 Å². The number of carbonyl (C=O) groups excluding carboxylic acids is 2. The summed E-state index contributed by atoms with van der Waals surface area (Å²) in [4.78, 5) is 30.4. The minimum Gasteiger partial charge on any atom is -0.496 e. The van der Waals surface area contributed by atoms with E-state index in [1.165, 1.54) is 0 Å². The Bertz CT molecular complexity index is 1170. The molecular weight excluding hydrogens is 440 g/mol. The Morgan fingerprint density at radius 2 is 1.43 bits per heavy atom. The van der Waals surface area contributed by atoms with Crippen LogP contribution in [0.5, 0.6) is 5.75 Å². The zero-order chi connectivity index (χ0) is 24.6. The molecular formula is C29H30N2O4. The Labute approximate surface area is 206 Å². The maximum Gasteiger partial charge on any atom is 0.339 e. The molecule has 0 spiro atoms. The summed E-state index contributed by atoms with van der Waals surface area (Å²) in [5.41, 5.74) is 2.97. The number of ether oxygens (including phenoxy) is 2. The predicted octanol–water partition coefficient (Wildman–Crippen LogP) is 4.52. The molecule has 3 aromatic carbocycles. The molecule has 0 bridgehead atoms. The summed E-state index contributed by atoms with van der Waals surface area (Å²) in [5, 5.41) is 0. The number of amides is 1. The van der Waals surface area contributed by atoms with Gasteiger partial charge in [0.25, 0.3) is 5.91 Å². The number of esters is 1. The number of para-hydroxylation sites is 2. The Kier molecular flexibility index (Phi) is 7.83. The van der Waals surface area contributed by atoms with E-state index in [9.17, 15) is 9.59 Å². The first kappa shape index (κ1) is 24.1. The summed E-state index contributed by atoms with van der Waals surface area (Å²) in [7, 11) is 1.59. The van der Waals surface area contributed by atoms with Crippen molar-refractivity contribution in [1.29, 1.82) is 0 Å². The summed E-state index contributed by atoms with van der Waals surface area (Å²) >= 11 is 0. The molecule has 3 aromatic rings. The number of hydrogen-bond donors (Lipinski definition) is 0. The van der Waals surface area contributed by atoms with Crippen molar-refractivity contribution in [1.82, 2.24) is 4.90 Å². The highest BCUT2D eigenvalue weighted by Crippen LogP contribution is 2.26. The minimum atomic E-state index is -0.893. The van der Waals surface area contributed by atoms with E-state index in [0.29, 0.717) is 30.0 Å². The fraction of sp³-hybridized carbons (Fsp3) is 0.241. The lowest BCUT2D eigenvalue weighted by molar-refractivity contribution is -0.154. The monoisotopic (exact) mass is 470 g/mol. The van der Waals surface area contributed by atoms with Gasteiger partial charge in [-0.2, -0.15) is 0 Å². The van der Waals surface area contributed by atoms with E-state index >= 15 is 0 Å². The van der Waals surface area contributed by atoms with Crippen LogP contribution < -0.4 is 9.64 Å². The molecule has 1 atom stereocenters. The molecule has 1 amide bonds. The molecule has 1 unspecified atom stereocenters. The van der Waals surface area contributed by atoms with E-state index in [4.69, 9.17) is 9.47 Å². The first-order chi connectivity index (χ1) is 17.1. The van der Waals surface area contributed by atoms with Gasteiger partial charge >= 0.3 is 5.97 Å². The number of hydrogen-bond acceptors (Lipinski definition) is 5. The summed E-state index contributed by atoms with van der Waals surface area (Å²) in [6.45, 7) is 4.27. The first-order valence-corrected chi connectivity index (χ1v) is 11.8. The fourth-order valence-electron chi connectivity index (χ4n) is 4.17. The predicted molar refractivity (Wildman–Crippen MR) is 138 cm³/mol. The molecule has 1 fully saturated rings. The maximum atomic E-state index is 13.3. The molecule has 35 heavy (non-hydrogen) atoms. The van der Waals surface area contributed by atoms with E-state index in [1.54, 1.807) is 25.0 Å². The lowest BCUT2D eigenvalue weighted by atomic mass is 10.0. The van der Waals surface area contributed by atoms with Gasteiger partial charge in [0.05, 0.1) is 12.7 Å². The quantitative estimate of drug-likeness (QED) is 0.289. The number of rotatable bonds is 7. The summed E-state index contributed by atoms with van der Waals surface area (Å²) in [6.07, 6.45) is 0.849. The van der Waals surface area contributed by atoms with Crippen molar-refractivity contribution in [2.75, 3.05) is 38.2 Å². The van der Waals surface area contributed by atoms with Gasteiger partial charge in [0.2, 0.25) is 0 Å². The maximum absolute atomic E-state index is 13.3. The third-order valence-corrected chi connectivity index (χ3v) is 6.09. The Morgan fingerprint density at radius 3 is 2.09 bits per heavy atom. The number of benzene rings is 3. The topological polar surface area (TPSA) is 59.1 Å². The highest BCUT2D eigenvalue weighted by atomic mass is 16.5. The van der Waals surface area contributed by atoms with Gasteiger partial charge in [-0.25, -0.2) is 4.79 Å². The molecule has 0 N–H and O–H groups in total. The van der Waals surface area contributed by atoms with Gasteiger partial charge in [-0.15, -0.1) is 0 Å². The van der Waals surface area contributed by atoms with Crippen LogP contribution in [-0.2, 0) is 14.3 Å². The highest BCUT2D eigenvalue weighted by Gasteiger charge is 2.28. The van der Waals surface area contributed by atoms with Crippen LogP contribution in [0.3, 0.4) is 0 Å². The number of nitrogens with zero attached hydrogens (tertiary/aromatic N) is 2. The third kappa shape index (κ3) is 5.90. The standard InChI is InChI=1S/C29H30N2O4/c1-22(28(32)31-19-17-30(18-20-31)25-14-7-4-8-15-25)35-29(33)26(23-11-5-3-6-12-23)21-24-13-9-10-16-27(24)34-2/h3-16,21-22H,17-20H2,1-2H3/b26-21+. The van der Waals surface area contributed by atoms with Crippen molar-refractivity contribution in [3.05, 3.63) is 96.1 Å².